The highest BCUT2D eigenvalue weighted by molar-refractivity contribution is 5.54. The molecule has 0 unspecified atom stereocenters. The van der Waals surface area contributed by atoms with Crippen LogP contribution in [0, 0.1) is 11.3 Å². The minimum absolute atomic E-state index is 0.210. The van der Waals surface area contributed by atoms with Crippen molar-refractivity contribution in [2.45, 2.75) is 19.9 Å². The summed E-state index contributed by atoms with van der Waals surface area (Å²) >= 11 is 0. The van der Waals surface area contributed by atoms with Gasteiger partial charge in [-0.2, -0.15) is 5.26 Å². The summed E-state index contributed by atoms with van der Waals surface area (Å²) in [5.41, 5.74) is 6.16. The highest BCUT2D eigenvalue weighted by Gasteiger charge is 2.04. The first-order valence-corrected chi connectivity index (χ1v) is 5.57. The molecule has 0 aliphatic heterocycles. The zero-order chi connectivity index (χ0) is 13.0. The Morgan fingerprint density at radius 3 is 3.00 bits per heavy atom. The van der Waals surface area contributed by atoms with E-state index in [9.17, 15) is 0 Å². The summed E-state index contributed by atoms with van der Waals surface area (Å²) in [7, 11) is 0. The van der Waals surface area contributed by atoms with E-state index in [0.29, 0.717) is 23.9 Å². The fourth-order valence-corrected chi connectivity index (χ4v) is 1.42. The summed E-state index contributed by atoms with van der Waals surface area (Å²) in [6.45, 7) is 2.42. The van der Waals surface area contributed by atoms with Gasteiger partial charge in [-0.15, -0.1) is 0 Å². The fourth-order valence-electron chi connectivity index (χ4n) is 1.42. The van der Waals surface area contributed by atoms with Gasteiger partial charge in [-0.1, -0.05) is 6.92 Å². The summed E-state index contributed by atoms with van der Waals surface area (Å²) in [6, 6.07) is 5.28. The SMILES string of the molecule is CCc1cnc(CNc2ccc(N)c(C#N)n2)o1. The lowest BCUT2D eigenvalue weighted by atomic mass is 10.3. The first kappa shape index (κ1) is 11.9. The van der Waals surface area contributed by atoms with Crippen LogP contribution in [0.4, 0.5) is 11.5 Å². The maximum absolute atomic E-state index is 8.81. The number of nitrogen functional groups attached to an aromatic ring is 1. The van der Waals surface area contributed by atoms with E-state index in [1.165, 1.54) is 0 Å². The number of nitrogens with zero attached hydrogens (tertiary/aromatic N) is 3. The predicted octanol–water partition coefficient (Wildman–Crippen LogP) is 1.70. The second kappa shape index (κ2) is 5.19. The van der Waals surface area contributed by atoms with Crippen LogP contribution in [-0.4, -0.2) is 9.97 Å². The molecule has 0 bridgehead atoms. The van der Waals surface area contributed by atoms with Crippen molar-refractivity contribution in [3.8, 4) is 6.07 Å². The molecule has 0 aliphatic rings. The molecule has 0 spiro atoms. The van der Waals surface area contributed by atoms with Gasteiger partial charge in [-0.25, -0.2) is 9.97 Å². The van der Waals surface area contributed by atoms with Crippen LogP contribution < -0.4 is 11.1 Å². The van der Waals surface area contributed by atoms with Crippen LogP contribution in [0.15, 0.2) is 22.7 Å². The molecule has 0 fully saturated rings. The molecule has 0 amide bonds. The Morgan fingerprint density at radius 1 is 1.50 bits per heavy atom. The van der Waals surface area contributed by atoms with Gasteiger partial charge in [0, 0.05) is 6.42 Å². The van der Waals surface area contributed by atoms with Crippen molar-refractivity contribution < 1.29 is 4.42 Å². The zero-order valence-corrected chi connectivity index (χ0v) is 9.97. The van der Waals surface area contributed by atoms with Gasteiger partial charge in [0.05, 0.1) is 18.4 Å². The van der Waals surface area contributed by atoms with Crippen molar-refractivity contribution in [1.82, 2.24) is 9.97 Å². The van der Waals surface area contributed by atoms with Crippen molar-refractivity contribution in [3.05, 3.63) is 35.7 Å². The minimum Gasteiger partial charge on any atom is -0.444 e. The smallest absolute Gasteiger partial charge is 0.213 e. The van der Waals surface area contributed by atoms with Gasteiger partial charge in [0.25, 0.3) is 0 Å². The van der Waals surface area contributed by atoms with E-state index in [1.54, 1.807) is 18.3 Å². The van der Waals surface area contributed by atoms with E-state index in [0.717, 1.165) is 12.2 Å². The van der Waals surface area contributed by atoms with Crippen LogP contribution in [0.2, 0.25) is 0 Å². The van der Waals surface area contributed by atoms with Gasteiger partial charge in [0.2, 0.25) is 5.89 Å². The van der Waals surface area contributed by atoms with Gasteiger partial charge in [-0.3, -0.25) is 0 Å². The molecule has 0 aliphatic carbocycles. The van der Waals surface area contributed by atoms with Crippen molar-refractivity contribution >= 4 is 11.5 Å². The number of nitriles is 1. The first-order chi connectivity index (χ1) is 8.72. The second-order valence-electron chi connectivity index (χ2n) is 3.67. The van der Waals surface area contributed by atoms with Gasteiger partial charge in [-0.05, 0) is 12.1 Å². The Hall–Kier alpha value is -2.55. The maximum atomic E-state index is 8.81. The summed E-state index contributed by atoms with van der Waals surface area (Å²) in [5.74, 6) is 2.00. The summed E-state index contributed by atoms with van der Waals surface area (Å²) in [6.07, 6.45) is 2.51. The third kappa shape index (κ3) is 2.58. The number of pyridine rings is 1. The average molecular weight is 243 g/mol. The van der Waals surface area contributed by atoms with Gasteiger partial charge in [0.1, 0.15) is 17.6 Å². The predicted molar refractivity (Wildman–Crippen MR) is 66.6 cm³/mol. The molecular formula is C12H13N5O. The third-order valence-electron chi connectivity index (χ3n) is 2.40. The number of nitrogens with two attached hydrogens (primary N) is 1. The molecule has 0 saturated heterocycles. The Balaban J connectivity index is 2.04. The third-order valence-corrected chi connectivity index (χ3v) is 2.40. The molecule has 92 valence electrons. The van der Waals surface area contributed by atoms with Gasteiger partial charge >= 0.3 is 0 Å². The van der Waals surface area contributed by atoms with Crippen LogP contribution in [0.3, 0.4) is 0 Å². The number of aromatic nitrogens is 2. The number of rotatable bonds is 4. The monoisotopic (exact) mass is 243 g/mol. The molecule has 0 radical (unpaired) electrons. The van der Waals surface area contributed by atoms with Crippen LogP contribution in [0.5, 0.6) is 0 Å². The molecule has 3 N–H and O–H groups in total. The number of hydrogen-bond donors (Lipinski definition) is 2. The number of aryl methyl sites for hydroxylation is 1. The fraction of sp³-hybridized carbons (Fsp3) is 0.250. The molecular weight excluding hydrogens is 230 g/mol. The minimum atomic E-state index is 0.210. The number of nitrogens with one attached hydrogen (secondary N) is 1. The van der Waals surface area contributed by atoms with Crippen molar-refractivity contribution in [3.63, 3.8) is 0 Å². The molecule has 2 aromatic heterocycles. The summed E-state index contributed by atoms with van der Waals surface area (Å²) in [5, 5.41) is 11.8. The summed E-state index contributed by atoms with van der Waals surface area (Å²) in [4.78, 5) is 8.18. The van der Waals surface area contributed by atoms with E-state index in [-0.39, 0.29) is 5.69 Å². The Kier molecular flexibility index (Phi) is 3.44. The topological polar surface area (TPSA) is 101 Å². The highest BCUT2D eigenvalue weighted by Crippen LogP contribution is 2.13. The van der Waals surface area contributed by atoms with E-state index < -0.39 is 0 Å². The summed E-state index contributed by atoms with van der Waals surface area (Å²) < 4.78 is 5.44. The largest absolute Gasteiger partial charge is 0.444 e. The van der Waals surface area contributed by atoms with Crippen molar-refractivity contribution in [2.75, 3.05) is 11.1 Å². The Morgan fingerprint density at radius 2 is 2.33 bits per heavy atom. The molecule has 18 heavy (non-hydrogen) atoms. The zero-order valence-electron chi connectivity index (χ0n) is 9.97. The highest BCUT2D eigenvalue weighted by atomic mass is 16.4. The van der Waals surface area contributed by atoms with Crippen LogP contribution in [-0.2, 0) is 13.0 Å². The van der Waals surface area contributed by atoms with Crippen molar-refractivity contribution in [1.29, 1.82) is 5.26 Å². The lowest BCUT2D eigenvalue weighted by Crippen LogP contribution is -2.03. The molecule has 0 aromatic carbocycles. The number of oxazole rings is 1. The average Bonchev–Trinajstić information content (AvgIpc) is 2.86. The van der Waals surface area contributed by atoms with E-state index in [4.69, 9.17) is 15.4 Å². The standard InChI is InChI=1S/C12H13N5O/c1-2-8-6-16-12(18-8)7-15-11-4-3-9(14)10(5-13)17-11/h3-4,6H,2,7,14H2,1H3,(H,15,17). The molecule has 2 rings (SSSR count). The van der Waals surface area contributed by atoms with Gasteiger partial charge in [0.15, 0.2) is 5.69 Å². The van der Waals surface area contributed by atoms with E-state index in [1.807, 2.05) is 13.0 Å². The molecule has 0 saturated carbocycles. The van der Waals surface area contributed by atoms with Crippen molar-refractivity contribution in [2.24, 2.45) is 0 Å². The molecule has 2 heterocycles. The van der Waals surface area contributed by atoms with Crippen LogP contribution >= 0.6 is 0 Å². The first-order valence-electron chi connectivity index (χ1n) is 5.57. The lowest BCUT2D eigenvalue weighted by molar-refractivity contribution is 0.465. The molecule has 6 heteroatoms. The maximum Gasteiger partial charge on any atom is 0.213 e. The quantitative estimate of drug-likeness (QED) is 0.847. The van der Waals surface area contributed by atoms with E-state index >= 15 is 0 Å². The van der Waals surface area contributed by atoms with E-state index in [2.05, 4.69) is 15.3 Å². The number of hydrogen-bond acceptors (Lipinski definition) is 6. The lowest BCUT2D eigenvalue weighted by Gasteiger charge is -2.04. The molecule has 2 aromatic rings. The normalized spacial score (nSPS) is 10.0. The van der Waals surface area contributed by atoms with Crippen LogP contribution in [0.25, 0.3) is 0 Å². The second-order valence-corrected chi connectivity index (χ2v) is 3.67. The molecule has 0 atom stereocenters. The van der Waals surface area contributed by atoms with Crippen LogP contribution in [0.1, 0.15) is 24.3 Å². The molecule has 6 nitrogen and oxygen atoms in total. The number of anilines is 2. The van der Waals surface area contributed by atoms with Gasteiger partial charge < -0.3 is 15.5 Å². The Labute approximate surface area is 104 Å². The Bertz CT molecular complexity index is 584.